The van der Waals surface area contributed by atoms with E-state index in [0.29, 0.717) is 17.4 Å². The first-order valence-corrected chi connectivity index (χ1v) is 9.45. The Balaban J connectivity index is 1.49. The molecule has 0 saturated carbocycles. The van der Waals surface area contributed by atoms with Crippen LogP contribution in [0.2, 0.25) is 0 Å². The quantitative estimate of drug-likeness (QED) is 0.885. The monoisotopic (exact) mass is 330 g/mol. The molecule has 2 aromatic carbocycles. The molecule has 5 heteroatoms. The van der Waals surface area contributed by atoms with E-state index < -0.39 is 10.0 Å². The average molecular weight is 330 g/mol. The van der Waals surface area contributed by atoms with Crippen LogP contribution in [-0.2, 0) is 10.0 Å². The molecule has 1 N–H and O–H groups in total. The van der Waals surface area contributed by atoms with Gasteiger partial charge in [-0.2, -0.15) is 0 Å². The van der Waals surface area contributed by atoms with Gasteiger partial charge >= 0.3 is 0 Å². The lowest BCUT2D eigenvalue weighted by Crippen LogP contribution is -2.33. The molecule has 1 saturated heterocycles. The Hall–Kier alpha value is -1.69. The van der Waals surface area contributed by atoms with E-state index >= 15 is 0 Å². The summed E-state index contributed by atoms with van der Waals surface area (Å²) in [5, 5.41) is 0. The van der Waals surface area contributed by atoms with E-state index in [9.17, 15) is 8.42 Å². The van der Waals surface area contributed by atoms with Crippen LogP contribution < -0.4 is 4.72 Å². The SMILES string of the molecule is O=S(=O)(NCCN1CC[C@@H](c2ccccc2)C1)c1ccccc1. The van der Waals surface area contributed by atoms with Gasteiger partial charge < -0.3 is 4.90 Å². The zero-order chi connectivity index (χ0) is 16.1. The zero-order valence-electron chi connectivity index (χ0n) is 13.1. The first-order valence-electron chi connectivity index (χ1n) is 7.97. The van der Waals surface area contributed by atoms with Crippen molar-refractivity contribution in [2.75, 3.05) is 26.2 Å². The molecule has 122 valence electrons. The molecule has 1 aliphatic rings. The van der Waals surface area contributed by atoms with Gasteiger partial charge in [-0.15, -0.1) is 0 Å². The van der Waals surface area contributed by atoms with Crippen LogP contribution in [0.3, 0.4) is 0 Å². The standard InChI is InChI=1S/C18H22N2O2S/c21-23(22,18-9-5-2-6-10-18)19-12-14-20-13-11-17(15-20)16-7-3-1-4-8-16/h1-10,17,19H,11-15H2/t17-/m1/s1. The van der Waals surface area contributed by atoms with Gasteiger partial charge in [0, 0.05) is 19.6 Å². The normalized spacial score (nSPS) is 19.0. The average Bonchev–Trinajstić information content (AvgIpc) is 3.05. The van der Waals surface area contributed by atoms with E-state index in [2.05, 4.69) is 33.9 Å². The third-order valence-electron chi connectivity index (χ3n) is 4.32. The number of hydrogen-bond donors (Lipinski definition) is 1. The molecule has 1 aliphatic heterocycles. The minimum Gasteiger partial charge on any atom is -0.301 e. The van der Waals surface area contributed by atoms with Gasteiger partial charge in [-0.25, -0.2) is 13.1 Å². The van der Waals surface area contributed by atoms with Crippen LogP contribution in [-0.4, -0.2) is 39.5 Å². The molecule has 1 heterocycles. The lowest BCUT2D eigenvalue weighted by Gasteiger charge is -2.16. The summed E-state index contributed by atoms with van der Waals surface area (Å²) in [5.41, 5.74) is 1.37. The minimum absolute atomic E-state index is 0.323. The van der Waals surface area contributed by atoms with Gasteiger partial charge in [-0.05, 0) is 36.6 Å². The molecule has 0 aliphatic carbocycles. The first kappa shape index (κ1) is 16.2. The summed E-state index contributed by atoms with van der Waals surface area (Å²) in [6, 6.07) is 19.0. The lowest BCUT2D eigenvalue weighted by molar-refractivity contribution is 0.339. The summed E-state index contributed by atoms with van der Waals surface area (Å²) in [7, 11) is -3.39. The second kappa shape index (κ2) is 7.25. The van der Waals surface area contributed by atoms with Crippen molar-refractivity contribution in [2.45, 2.75) is 17.2 Å². The third-order valence-corrected chi connectivity index (χ3v) is 5.79. The summed E-state index contributed by atoms with van der Waals surface area (Å²) in [6.07, 6.45) is 1.13. The zero-order valence-corrected chi connectivity index (χ0v) is 13.9. The van der Waals surface area contributed by atoms with Crippen molar-refractivity contribution in [2.24, 2.45) is 0 Å². The van der Waals surface area contributed by atoms with E-state index in [0.717, 1.165) is 26.1 Å². The molecule has 0 unspecified atom stereocenters. The van der Waals surface area contributed by atoms with Gasteiger partial charge in [-0.1, -0.05) is 48.5 Å². The second-order valence-corrected chi connectivity index (χ2v) is 7.67. The van der Waals surface area contributed by atoms with Crippen LogP contribution >= 0.6 is 0 Å². The van der Waals surface area contributed by atoms with Crippen molar-refractivity contribution in [1.82, 2.24) is 9.62 Å². The molecule has 3 rings (SSSR count). The molecular weight excluding hydrogens is 308 g/mol. The molecule has 1 atom stereocenters. The maximum Gasteiger partial charge on any atom is 0.240 e. The maximum absolute atomic E-state index is 12.2. The van der Waals surface area contributed by atoms with Crippen LogP contribution in [0.1, 0.15) is 17.9 Å². The minimum atomic E-state index is -3.39. The number of rotatable bonds is 6. The number of nitrogens with one attached hydrogen (secondary N) is 1. The summed E-state index contributed by atoms with van der Waals surface area (Å²) < 4.78 is 27.0. The molecular formula is C18H22N2O2S. The fourth-order valence-electron chi connectivity index (χ4n) is 3.05. The molecule has 0 bridgehead atoms. The summed E-state index contributed by atoms with van der Waals surface area (Å²) in [6.45, 7) is 3.21. The largest absolute Gasteiger partial charge is 0.301 e. The first-order chi connectivity index (χ1) is 11.1. The molecule has 0 spiro atoms. The molecule has 23 heavy (non-hydrogen) atoms. The molecule has 0 radical (unpaired) electrons. The molecule has 1 fully saturated rings. The van der Waals surface area contributed by atoms with Gasteiger partial charge in [0.2, 0.25) is 10.0 Å². The summed E-state index contributed by atoms with van der Waals surface area (Å²) >= 11 is 0. The van der Waals surface area contributed by atoms with E-state index in [1.807, 2.05) is 12.1 Å². The number of hydrogen-bond acceptors (Lipinski definition) is 3. The maximum atomic E-state index is 12.2. The summed E-state index contributed by atoms with van der Waals surface area (Å²) in [5.74, 6) is 0.557. The molecule has 0 aromatic heterocycles. The number of likely N-dealkylation sites (tertiary alicyclic amines) is 1. The molecule has 0 amide bonds. The Kier molecular flexibility index (Phi) is 5.10. The van der Waals surface area contributed by atoms with Gasteiger partial charge in [0.05, 0.1) is 4.90 Å². The van der Waals surface area contributed by atoms with Crippen LogP contribution in [0, 0.1) is 0 Å². The van der Waals surface area contributed by atoms with E-state index in [4.69, 9.17) is 0 Å². The van der Waals surface area contributed by atoms with Crippen molar-refractivity contribution in [3.05, 3.63) is 66.2 Å². The molecule has 4 nitrogen and oxygen atoms in total. The van der Waals surface area contributed by atoms with Gasteiger partial charge in [-0.3, -0.25) is 0 Å². The van der Waals surface area contributed by atoms with Crippen LogP contribution in [0.15, 0.2) is 65.6 Å². The lowest BCUT2D eigenvalue weighted by atomic mass is 9.99. The highest BCUT2D eigenvalue weighted by Gasteiger charge is 2.23. The van der Waals surface area contributed by atoms with Crippen molar-refractivity contribution < 1.29 is 8.42 Å². The second-order valence-electron chi connectivity index (χ2n) is 5.91. The van der Waals surface area contributed by atoms with E-state index in [1.54, 1.807) is 24.3 Å². The van der Waals surface area contributed by atoms with Crippen LogP contribution in [0.25, 0.3) is 0 Å². The fourth-order valence-corrected chi connectivity index (χ4v) is 4.10. The van der Waals surface area contributed by atoms with Crippen molar-refractivity contribution in [1.29, 1.82) is 0 Å². The number of sulfonamides is 1. The Bertz CT molecular complexity index is 717. The number of benzene rings is 2. The Morgan fingerprint density at radius 3 is 2.35 bits per heavy atom. The smallest absolute Gasteiger partial charge is 0.240 e. The van der Waals surface area contributed by atoms with E-state index in [-0.39, 0.29) is 0 Å². The highest BCUT2D eigenvalue weighted by Crippen LogP contribution is 2.26. The van der Waals surface area contributed by atoms with Gasteiger partial charge in [0.25, 0.3) is 0 Å². The van der Waals surface area contributed by atoms with Crippen molar-refractivity contribution >= 4 is 10.0 Å². The summed E-state index contributed by atoms with van der Waals surface area (Å²) in [4.78, 5) is 2.65. The van der Waals surface area contributed by atoms with Crippen LogP contribution in [0.5, 0.6) is 0 Å². The van der Waals surface area contributed by atoms with Crippen LogP contribution in [0.4, 0.5) is 0 Å². The Morgan fingerprint density at radius 1 is 1.00 bits per heavy atom. The predicted octanol–water partition coefficient (Wildman–Crippen LogP) is 2.45. The fraction of sp³-hybridized carbons (Fsp3) is 0.333. The Morgan fingerprint density at radius 2 is 1.65 bits per heavy atom. The van der Waals surface area contributed by atoms with Crippen molar-refractivity contribution in [3.8, 4) is 0 Å². The Labute approximate surface area is 138 Å². The highest BCUT2D eigenvalue weighted by atomic mass is 32.2. The molecule has 2 aromatic rings. The predicted molar refractivity (Wildman–Crippen MR) is 91.9 cm³/mol. The van der Waals surface area contributed by atoms with E-state index in [1.165, 1.54) is 5.56 Å². The third kappa shape index (κ3) is 4.19. The van der Waals surface area contributed by atoms with Crippen molar-refractivity contribution in [3.63, 3.8) is 0 Å². The van der Waals surface area contributed by atoms with Gasteiger partial charge in [0.1, 0.15) is 0 Å². The topological polar surface area (TPSA) is 49.4 Å². The highest BCUT2D eigenvalue weighted by molar-refractivity contribution is 7.89. The number of nitrogens with zero attached hydrogens (tertiary/aromatic N) is 1. The van der Waals surface area contributed by atoms with Gasteiger partial charge in [0.15, 0.2) is 0 Å².